The van der Waals surface area contributed by atoms with Crippen molar-refractivity contribution in [2.45, 2.75) is 13.8 Å². The standard InChI is InChI=1S/C20H23F2N3O2/c1-3-25(4-2)11-10-23-19(26)14-6-5-7-16(12-14)24-20(27)15-8-9-17(21)18(22)13-15/h5-9,12-13H,3-4,10-11H2,1-2H3,(H,23,26)(H,24,27). The van der Waals surface area contributed by atoms with Gasteiger partial charge in [-0.3, -0.25) is 9.59 Å². The summed E-state index contributed by atoms with van der Waals surface area (Å²) in [6, 6.07) is 9.34. The van der Waals surface area contributed by atoms with Crippen molar-refractivity contribution in [2.75, 3.05) is 31.5 Å². The van der Waals surface area contributed by atoms with Gasteiger partial charge in [0, 0.05) is 29.9 Å². The molecule has 0 bridgehead atoms. The Labute approximate surface area is 157 Å². The molecule has 0 unspecified atom stereocenters. The fraction of sp³-hybridized carbons (Fsp3) is 0.300. The maximum absolute atomic E-state index is 13.3. The highest BCUT2D eigenvalue weighted by Gasteiger charge is 2.12. The van der Waals surface area contributed by atoms with Crippen molar-refractivity contribution in [3.63, 3.8) is 0 Å². The van der Waals surface area contributed by atoms with Crippen LogP contribution in [0.25, 0.3) is 0 Å². The molecule has 2 N–H and O–H groups in total. The van der Waals surface area contributed by atoms with E-state index < -0.39 is 17.5 Å². The number of rotatable bonds is 8. The molecule has 0 radical (unpaired) electrons. The van der Waals surface area contributed by atoms with Gasteiger partial charge in [0.25, 0.3) is 11.8 Å². The fourth-order valence-corrected chi connectivity index (χ4v) is 2.55. The van der Waals surface area contributed by atoms with Gasteiger partial charge in [-0.05, 0) is 49.5 Å². The molecule has 2 aromatic rings. The van der Waals surface area contributed by atoms with Crippen molar-refractivity contribution in [3.05, 3.63) is 65.2 Å². The number of likely N-dealkylation sites (N-methyl/N-ethyl adjacent to an activating group) is 1. The molecule has 0 atom stereocenters. The molecule has 0 fully saturated rings. The lowest BCUT2D eigenvalue weighted by Crippen LogP contribution is -2.34. The van der Waals surface area contributed by atoms with Gasteiger partial charge >= 0.3 is 0 Å². The Hall–Kier alpha value is -2.80. The smallest absolute Gasteiger partial charge is 0.255 e. The van der Waals surface area contributed by atoms with Crippen LogP contribution >= 0.6 is 0 Å². The lowest BCUT2D eigenvalue weighted by Gasteiger charge is -2.18. The minimum Gasteiger partial charge on any atom is -0.351 e. The van der Waals surface area contributed by atoms with Gasteiger partial charge in [0.05, 0.1) is 0 Å². The van der Waals surface area contributed by atoms with Crippen LogP contribution in [-0.4, -0.2) is 42.9 Å². The van der Waals surface area contributed by atoms with Gasteiger partial charge < -0.3 is 15.5 Å². The van der Waals surface area contributed by atoms with Crippen molar-refractivity contribution in [1.82, 2.24) is 10.2 Å². The fourth-order valence-electron chi connectivity index (χ4n) is 2.55. The van der Waals surface area contributed by atoms with Gasteiger partial charge in [-0.1, -0.05) is 19.9 Å². The van der Waals surface area contributed by atoms with Crippen LogP contribution in [0.5, 0.6) is 0 Å². The largest absolute Gasteiger partial charge is 0.351 e. The average Bonchev–Trinajstić information content (AvgIpc) is 2.67. The van der Waals surface area contributed by atoms with Crippen molar-refractivity contribution < 1.29 is 18.4 Å². The topological polar surface area (TPSA) is 61.4 Å². The molecule has 27 heavy (non-hydrogen) atoms. The van der Waals surface area contributed by atoms with E-state index in [-0.39, 0.29) is 11.5 Å². The minimum absolute atomic E-state index is 0.0111. The molecule has 2 amide bonds. The van der Waals surface area contributed by atoms with Crippen LogP contribution in [0.3, 0.4) is 0 Å². The number of halogens is 2. The SMILES string of the molecule is CCN(CC)CCNC(=O)c1cccc(NC(=O)c2ccc(F)c(F)c2)c1. The number of hydrogen-bond donors (Lipinski definition) is 2. The highest BCUT2D eigenvalue weighted by atomic mass is 19.2. The second-order valence-electron chi connectivity index (χ2n) is 5.95. The maximum atomic E-state index is 13.3. The molecule has 0 aromatic heterocycles. The van der Waals surface area contributed by atoms with Crippen LogP contribution in [0.1, 0.15) is 34.6 Å². The van der Waals surface area contributed by atoms with Crippen LogP contribution in [0.4, 0.5) is 14.5 Å². The second-order valence-corrected chi connectivity index (χ2v) is 5.95. The van der Waals surface area contributed by atoms with Crippen LogP contribution in [-0.2, 0) is 0 Å². The summed E-state index contributed by atoms with van der Waals surface area (Å²) in [5.41, 5.74) is 0.779. The summed E-state index contributed by atoms with van der Waals surface area (Å²) in [6.07, 6.45) is 0. The molecular formula is C20H23F2N3O2. The molecule has 2 rings (SSSR count). The number of hydrogen-bond acceptors (Lipinski definition) is 3. The van der Waals surface area contributed by atoms with E-state index in [1.165, 1.54) is 12.1 Å². The molecule has 0 saturated heterocycles. The zero-order valence-corrected chi connectivity index (χ0v) is 15.4. The molecule has 0 heterocycles. The number of amides is 2. The summed E-state index contributed by atoms with van der Waals surface area (Å²) < 4.78 is 26.2. The monoisotopic (exact) mass is 375 g/mol. The van der Waals surface area contributed by atoms with Crippen LogP contribution in [0, 0.1) is 11.6 Å². The number of nitrogens with one attached hydrogen (secondary N) is 2. The Morgan fingerprint density at radius 2 is 1.63 bits per heavy atom. The van der Waals surface area contributed by atoms with E-state index in [0.717, 1.165) is 31.8 Å². The molecule has 0 aliphatic carbocycles. The van der Waals surface area contributed by atoms with Crippen molar-refractivity contribution >= 4 is 17.5 Å². The second kappa shape index (κ2) is 9.78. The molecule has 144 valence electrons. The Morgan fingerprint density at radius 3 is 2.30 bits per heavy atom. The molecular weight excluding hydrogens is 352 g/mol. The zero-order valence-electron chi connectivity index (χ0n) is 15.4. The van der Waals surface area contributed by atoms with E-state index in [9.17, 15) is 18.4 Å². The lowest BCUT2D eigenvalue weighted by atomic mass is 10.1. The average molecular weight is 375 g/mol. The maximum Gasteiger partial charge on any atom is 0.255 e. The Balaban J connectivity index is 1.98. The number of benzene rings is 2. The summed E-state index contributed by atoms with van der Waals surface area (Å²) in [6.45, 7) is 7.22. The number of carbonyl (C=O) groups is 2. The van der Waals surface area contributed by atoms with Crippen LogP contribution in [0.15, 0.2) is 42.5 Å². The van der Waals surface area contributed by atoms with Gasteiger partial charge in [0.15, 0.2) is 11.6 Å². The van der Waals surface area contributed by atoms with Gasteiger partial charge in [0.1, 0.15) is 0 Å². The quantitative estimate of drug-likeness (QED) is 0.744. The molecule has 7 heteroatoms. The van der Waals surface area contributed by atoms with E-state index in [0.29, 0.717) is 17.8 Å². The summed E-state index contributed by atoms with van der Waals surface area (Å²) in [5, 5.41) is 5.42. The number of anilines is 1. The first-order valence-corrected chi connectivity index (χ1v) is 8.81. The van der Waals surface area contributed by atoms with Gasteiger partial charge in [-0.2, -0.15) is 0 Å². The first kappa shape index (κ1) is 20.5. The Morgan fingerprint density at radius 1 is 0.926 bits per heavy atom. The molecule has 2 aromatic carbocycles. The lowest BCUT2D eigenvalue weighted by molar-refractivity contribution is 0.0947. The summed E-state index contributed by atoms with van der Waals surface area (Å²) in [5.74, 6) is -2.95. The molecule has 0 spiro atoms. The molecule has 0 saturated carbocycles. The molecule has 0 aliphatic heterocycles. The van der Waals surface area contributed by atoms with E-state index >= 15 is 0 Å². The predicted molar refractivity (Wildman–Crippen MR) is 101 cm³/mol. The summed E-state index contributed by atoms with van der Waals surface area (Å²) >= 11 is 0. The van der Waals surface area contributed by atoms with Crippen molar-refractivity contribution in [3.8, 4) is 0 Å². The number of nitrogens with zero attached hydrogens (tertiary/aromatic N) is 1. The van der Waals surface area contributed by atoms with E-state index in [4.69, 9.17) is 0 Å². The highest BCUT2D eigenvalue weighted by molar-refractivity contribution is 6.05. The third-order valence-corrected chi connectivity index (χ3v) is 4.17. The van der Waals surface area contributed by atoms with Crippen LogP contribution in [0.2, 0.25) is 0 Å². The summed E-state index contributed by atoms with van der Waals surface area (Å²) in [4.78, 5) is 26.6. The minimum atomic E-state index is -1.09. The molecule has 5 nitrogen and oxygen atoms in total. The van der Waals surface area contributed by atoms with Gasteiger partial charge in [0.2, 0.25) is 0 Å². The normalized spacial score (nSPS) is 10.7. The summed E-state index contributed by atoms with van der Waals surface area (Å²) in [7, 11) is 0. The van der Waals surface area contributed by atoms with Gasteiger partial charge in [-0.25, -0.2) is 8.78 Å². The van der Waals surface area contributed by atoms with Crippen molar-refractivity contribution in [1.29, 1.82) is 0 Å². The van der Waals surface area contributed by atoms with E-state index in [1.54, 1.807) is 18.2 Å². The molecule has 0 aliphatic rings. The first-order valence-electron chi connectivity index (χ1n) is 8.81. The Kier molecular flexibility index (Phi) is 7.43. The van der Waals surface area contributed by atoms with Crippen LogP contribution < -0.4 is 10.6 Å². The Bertz CT molecular complexity index is 808. The third kappa shape index (κ3) is 5.86. The van der Waals surface area contributed by atoms with Gasteiger partial charge in [-0.15, -0.1) is 0 Å². The van der Waals surface area contributed by atoms with E-state index in [2.05, 4.69) is 29.4 Å². The van der Waals surface area contributed by atoms with Crippen molar-refractivity contribution in [2.24, 2.45) is 0 Å². The number of carbonyl (C=O) groups excluding carboxylic acids is 2. The zero-order chi connectivity index (χ0) is 19.8. The third-order valence-electron chi connectivity index (χ3n) is 4.17. The predicted octanol–water partition coefficient (Wildman–Crippen LogP) is 3.29. The van der Waals surface area contributed by atoms with E-state index in [1.807, 2.05) is 0 Å². The highest BCUT2D eigenvalue weighted by Crippen LogP contribution is 2.14. The first-order chi connectivity index (χ1) is 12.9.